The topological polar surface area (TPSA) is 53.1 Å². The molecule has 1 unspecified atom stereocenters. The summed E-state index contributed by atoms with van der Waals surface area (Å²) in [5.41, 5.74) is 9.49. The number of hydrogen-bond acceptors (Lipinski definition) is 3. The average molecular weight is 259 g/mol. The molecule has 0 saturated carbocycles. The zero-order valence-electron chi connectivity index (χ0n) is 11.8. The first-order valence-corrected chi connectivity index (χ1v) is 6.61. The van der Waals surface area contributed by atoms with Gasteiger partial charge in [0.15, 0.2) is 0 Å². The summed E-state index contributed by atoms with van der Waals surface area (Å²) in [7, 11) is 1.92. The molecule has 0 radical (unpaired) electrons. The maximum atomic E-state index is 6.37. The molecule has 0 aliphatic rings. The Morgan fingerprint density at radius 1 is 1.32 bits per heavy atom. The van der Waals surface area contributed by atoms with Gasteiger partial charge in [-0.1, -0.05) is 25.1 Å². The van der Waals surface area contributed by atoms with E-state index in [1.54, 1.807) is 0 Å². The second-order valence-electron chi connectivity index (χ2n) is 4.67. The minimum atomic E-state index is -0.207. The number of benzene rings is 1. The zero-order valence-corrected chi connectivity index (χ0v) is 11.8. The van der Waals surface area contributed by atoms with Gasteiger partial charge in [-0.2, -0.15) is 5.10 Å². The monoisotopic (exact) mass is 259 g/mol. The van der Waals surface area contributed by atoms with E-state index in [9.17, 15) is 0 Å². The van der Waals surface area contributed by atoms with Crippen molar-refractivity contribution in [2.24, 2.45) is 12.8 Å². The number of rotatable bonds is 5. The molecule has 0 spiro atoms. The van der Waals surface area contributed by atoms with E-state index < -0.39 is 0 Å². The van der Waals surface area contributed by atoms with Gasteiger partial charge >= 0.3 is 0 Å². The summed E-state index contributed by atoms with van der Waals surface area (Å²) < 4.78 is 7.61. The minimum Gasteiger partial charge on any atom is -0.493 e. The molecule has 4 nitrogen and oxygen atoms in total. The van der Waals surface area contributed by atoms with Crippen LogP contribution in [-0.2, 0) is 7.05 Å². The van der Waals surface area contributed by atoms with E-state index >= 15 is 0 Å². The van der Waals surface area contributed by atoms with Gasteiger partial charge in [-0.15, -0.1) is 0 Å². The number of aryl methyl sites for hydroxylation is 1. The van der Waals surface area contributed by atoms with Crippen molar-refractivity contribution < 1.29 is 4.74 Å². The van der Waals surface area contributed by atoms with Crippen molar-refractivity contribution >= 4 is 0 Å². The lowest BCUT2D eigenvalue weighted by molar-refractivity contribution is 0.313. The van der Waals surface area contributed by atoms with Crippen LogP contribution in [-0.4, -0.2) is 16.4 Å². The third kappa shape index (κ3) is 2.79. The first-order valence-electron chi connectivity index (χ1n) is 6.61. The van der Waals surface area contributed by atoms with Gasteiger partial charge in [0.05, 0.1) is 18.8 Å². The van der Waals surface area contributed by atoms with Crippen molar-refractivity contribution in [2.45, 2.75) is 26.3 Å². The van der Waals surface area contributed by atoms with Crippen LogP contribution in [0.2, 0.25) is 0 Å². The molecule has 1 heterocycles. The number of hydrogen-bond donors (Lipinski definition) is 1. The maximum absolute atomic E-state index is 6.37. The SMILES string of the molecule is CCCOc1ccccc1C(N)c1cnn(C)c1C. The molecule has 0 aliphatic heterocycles. The van der Waals surface area contributed by atoms with Gasteiger partial charge < -0.3 is 10.5 Å². The molecule has 0 saturated heterocycles. The van der Waals surface area contributed by atoms with Crippen LogP contribution in [0.25, 0.3) is 0 Å². The first-order chi connectivity index (χ1) is 9.15. The molecule has 0 bridgehead atoms. The molecule has 1 aromatic heterocycles. The van der Waals surface area contributed by atoms with Gasteiger partial charge in [-0.3, -0.25) is 4.68 Å². The summed E-state index contributed by atoms with van der Waals surface area (Å²) >= 11 is 0. The summed E-state index contributed by atoms with van der Waals surface area (Å²) in [5, 5.41) is 4.25. The van der Waals surface area contributed by atoms with E-state index in [1.807, 2.05) is 49.1 Å². The Morgan fingerprint density at radius 2 is 2.05 bits per heavy atom. The molecule has 1 aromatic carbocycles. The number of nitrogens with zero attached hydrogens (tertiary/aromatic N) is 2. The van der Waals surface area contributed by atoms with Crippen LogP contribution < -0.4 is 10.5 Å². The molecule has 2 rings (SSSR count). The fourth-order valence-corrected chi connectivity index (χ4v) is 2.07. The Kier molecular flexibility index (Phi) is 4.22. The molecule has 4 heteroatoms. The van der Waals surface area contributed by atoms with Crippen molar-refractivity contribution in [3.05, 3.63) is 47.3 Å². The average Bonchev–Trinajstić information content (AvgIpc) is 2.76. The van der Waals surface area contributed by atoms with Crippen LogP contribution in [0.1, 0.15) is 36.2 Å². The van der Waals surface area contributed by atoms with Crippen molar-refractivity contribution in [3.63, 3.8) is 0 Å². The van der Waals surface area contributed by atoms with Crippen molar-refractivity contribution in [3.8, 4) is 5.75 Å². The summed E-state index contributed by atoms with van der Waals surface area (Å²) in [6, 6.07) is 7.73. The molecule has 2 N–H and O–H groups in total. The van der Waals surface area contributed by atoms with Crippen LogP contribution >= 0.6 is 0 Å². The van der Waals surface area contributed by atoms with Gasteiger partial charge in [0.2, 0.25) is 0 Å². The van der Waals surface area contributed by atoms with Gasteiger partial charge in [-0.25, -0.2) is 0 Å². The third-order valence-electron chi connectivity index (χ3n) is 3.32. The van der Waals surface area contributed by atoms with Crippen molar-refractivity contribution in [2.75, 3.05) is 6.61 Å². The van der Waals surface area contributed by atoms with Gasteiger partial charge in [0, 0.05) is 23.9 Å². The Labute approximate surface area is 114 Å². The quantitative estimate of drug-likeness (QED) is 0.897. The van der Waals surface area contributed by atoms with Crippen LogP contribution in [0.3, 0.4) is 0 Å². The van der Waals surface area contributed by atoms with Crippen molar-refractivity contribution in [1.29, 1.82) is 0 Å². The first kappa shape index (κ1) is 13.6. The van der Waals surface area contributed by atoms with Gasteiger partial charge in [0.1, 0.15) is 5.75 Å². The molecule has 19 heavy (non-hydrogen) atoms. The minimum absolute atomic E-state index is 0.207. The van der Waals surface area contributed by atoms with E-state index in [4.69, 9.17) is 10.5 Å². The van der Waals surface area contributed by atoms with Gasteiger partial charge in [-0.05, 0) is 19.4 Å². The third-order valence-corrected chi connectivity index (χ3v) is 3.32. The summed E-state index contributed by atoms with van der Waals surface area (Å²) in [6.45, 7) is 4.82. The Bertz CT molecular complexity index is 548. The van der Waals surface area contributed by atoms with E-state index in [0.29, 0.717) is 6.61 Å². The van der Waals surface area contributed by atoms with Gasteiger partial charge in [0.25, 0.3) is 0 Å². The number of para-hydroxylation sites is 1. The maximum Gasteiger partial charge on any atom is 0.124 e. The summed E-state index contributed by atoms with van der Waals surface area (Å²) in [4.78, 5) is 0. The largest absolute Gasteiger partial charge is 0.493 e. The van der Waals surface area contributed by atoms with E-state index in [2.05, 4.69) is 12.0 Å². The molecule has 0 fully saturated rings. The highest BCUT2D eigenvalue weighted by molar-refractivity contribution is 5.41. The van der Waals surface area contributed by atoms with Crippen LogP contribution in [0.5, 0.6) is 5.75 Å². The fraction of sp³-hybridized carbons (Fsp3) is 0.400. The molecule has 102 valence electrons. The Balaban J connectivity index is 2.33. The van der Waals surface area contributed by atoms with E-state index in [-0.39, 0.29) is 6.04 Å². The van der Waals surface area contributed by atoms with E-state index in [0.717, 1.165) is 29.0 Å². The molecular formula is C15H21N3O. The number of aromatic nitrogens is 2. The Morgan fingerprint density at radius 3 is 2.68 bits per heavy atom. The molecular weight excluding hydrogens is 238 g/mol. The highest BCUT2D eigenvalue weighted by atomic mass is 16.5. The van der Waals surface area contributed by atoms with Crippen molar-refractivity contribution in [1.82, 2.24) is 9.78 Å². The molecule has 1 atom stereocenters. The lowest BCUT2D eigenvalue weighted by Crippen LogP contribution is -2.14. The number of nitrogens with two attached hydrogens (primary N) is 1. The van der Waals surface area contributed by atoms with Crippen LogP contribution in [0.15, 0.2) is 30.5 Å². The van der Waals surface area contributed by atoms with E-state index in [1.165, 1.54) is 0 Å². The predicted molar refractivity (Wildman–Crippen MR) is 76.2 cm³/mol. The second-order valence-corrected chi connectivity index (χ2v) is 4.67. The molecule has 2 aromatic rings. The summed E-state index contributed by atoms with van der Waals surface area (Å²) in [5.74, 6) is 0.861. The summed E-state index contributed by atoms with van der Waals surface area (Å²) in [6.07, 6.45) is 2.81. The smallest absolute Gasteiger partial charge is 0.124 e. The lowest BCUT2D eigenvalue weighted by atomic mass is 9.99. The normalized spacial score (nSPS) is 12.4. The number of ether oxygens (including phenoxy) is 1. The highest BCUT2D eigenvalue weighted by Crippen LogP contribution is 2.29. The standard InChI is InChI=1S/C15H21N3O/c1-4-9-19-14-8-6-5-7-12(14)15(16)13-10-17-18(3)11(13)2/h5-8,10,15H,4,9,16H2,1-3H3. The zero-order chi connectivity index (χ0) is 13.8. The van der Waals surface area contributed by atoms with Crippen LogP contribution in [0.4, 0.5) is 0 Å². The lowest BCUT2D eigenvalue weighted by Gasteiger charge is -2.16. The Hall–Kier alpha value is -1.81. The fourth-order valence-electron chi connectivity index (χ4n) is 2.07. The molecule has 0 amide bonds. The predicted octanol–water partition coefficient (Wildman–Crippen LogP) is 2.57. The molecule has 0 aliphatic carbocycles. The second kappa shape index (κ2) is 5.89. The van der Waals surface area contributed by atoms with Crippen LogP contribution in [0, 0.1) is 6.92 Å². The highest BCUT2D eigenvalue weighted by Gasteiger charge is 2.18.